The van der Waals surface area contributed by atoms with E-state index in [9.17, 15) is 0 Å². The molecular weight excluding hydrogens is 214 g/mol. The molecule has 1 aromatic rings. The molecule has 0 unspecified atom stereocenters. The van der Waals surface area contributed by atoms with Gasteiger partial charge in [0.15, 0.2) is 0 Å². The van der Waals surface area contributed by atoms with Crippen LogP contribution >= 0.6 is 11.6 Å². The van der Waals surface area contributed by atoms with E-state index in [4.69, 9.17) is 16.0 Å². The normalized spacial score (nSPS) is 17.2. The molecule has 0 bridgehead atoms. The molecule has 4 nitrogen and oxygen atoms in total. The van der Waals surface area contributed by atoms with Crippen LogP contribution < -0.4 is 4.90 Å². The van der Waals surface area contributed by atoms with Gasteiger partial charge in [0.05, 0.1) is 0 Å². The van der Waals surface area contributed by atoms with Crippen molar-refractivity contribution in [1.29, 1.82) is 0 Å². The third kappa shape index (κ3) is 2.43. The fourth-order valence-corrected chi connectivity index (χ4v) is 2.18. The number of halogens is 1. The van der Waals surface area contributed by atoms with Crippen molar-refractivity contribution < 1.29 is 4.42 Å². The SMILES string of the molecule is CN(c1nnc(CCCl)o1)C1CCCC1. The second-order valence-electron chi connectivity index (χ2n) is 3.97. The number of nitrogens with zero attached hydrogens (tertiary/aromatic N) is 3. The lowest BCUT2D eigenvalue weighted by molar-refractivity contribution is 0.477. The highest BCUT2D eigenvalue weighted by Gasteiger charge is 2.23. The van der Waals surface area contributed by atoms with E-state index in [1.807, 2.05) is 7.05 Å². The van der Waals surface area contributed by atoms with Crippen molar-refractivity contribution in [3.8, 4) is 0 Å². The van der Waals surface area contributed by atoms with Gasteiger partial charge in [-0.15, -0.1) is 16.7 Å². The van der Waals surface area contributed by atoms with E-state index < -0.39 is 0 Å². The Morgan fingerprint density at radius 2 is 2.13 bits per heavy atom. The molecule has 0 amide bonds. The molecule has 0 saturated heterocycles. The topological polar surface area (TPSA) is 42.2 Å². The summed E-state index contributed by atoms with van der Waals surface area (Å²) in [6, 6.07) is 1.19. The number of anilines is 1. The summed E-state index contributed by atoms with van der Waals surface area (Å²) < 4.78 is 5.52. The van der Waals surface area contributed by atoms with Crippen molar-refractivity contribution in [2.24, 2.45) is 0 Å². The predicted molar refractivity (Wildman–Crippen MR) is 59.4 cm³/mol. The fraction of sp³-hybridized carbons (Fsp3) is 0.800. The fourth-order valence-electron chi connectivity index (χ4n) is 2.02. The minimum atomic E-state index is 0.523. The predicted octanol–water partition coefficient (Wildman–Crippen LogP) is 2.23. The molecule has 1 saturated carbocycles. The summed E-state index contributed by atoms with van der Waals surface area (Å²) in [4.78, 5) is 2.09. The minimum Gasteiger partial charge on any atom is -0.408 e. The molecular formula is C10H16ClN3O. The molecule has 0 N–H and O–H groups in total. The summed E-state index contributed by atoms with van der Waals surface area (Å²) in [7, 11) is 2.02. The highest BCUT2D eigenvalue weighted by Crippen LogP contribution is 2.25. The Morgan fingerprint density at radius 3 is 2.80 bits per heavy atom. The first kappa shape index (κ1) is 10.7. The van der Waals surface area contributed by atoms with Gasteiger partial charge in [-0.25, -0.2) is 0 Å². The number of aromatic nitrogens is 2. The van der Waals surface area contributed by atoms with Gasteiger partial charge in [0, 0.05) is 25.4 Å². The van der Waals surface area contributed by atoms with Crippen LogP contribution in [0, 0.1) is 0 Å². The van der Waals surface area contributed by atoms with Crippen molar-refractivity contribution in [3.05, 3.63) is 5.89 Å². The van der Waals surface area contributed by atoms with Gasteiger partial charge in [0.2, 0.25) is 5.89 Å². The van der Waals surface area contributed by atoms with Crippen LogP contribution in [0.4, 0.5) is 6.01 Å². The maximum absolute atomic E-state index is 5.61. The van der Waals surface area contributed by atoms with Crippen LogP contribution in [-0.4, -0.2) is 29.2 Å². The van der Waals surface area contributed by atoms with Gasteiger partial charge in [-0.05, 0) is 12.8 Å². The largest absolute Gasteiger partial charge is 0.408 e. The lowest BCUT2D eigenvalue weighted by Gasteiger charge is -2.21. The first-order chi connectivity index (χ1) is 7.31. The summed E-state index contributed by atoms with van der Waals surface area (Å²) in [6.45, 7) is 0. The highest BCUT2D eigenvalue weighted by atomic mass is 35.5. The molecule has 0 atom stereocenters. The number of alkyl halides is 1. The summed E-state index contributed by atoms with van der Waals surface area (Å²) in [6.07, 6.45) is 5.70. The van der Waals surface area contributed by atoms with E-state index >= 15 is 0 Å². The van der Waals surface area contributed by atoms with Gasteiger partial charge in [0.25, 0.3) is 0 Å². The van der Waals surface area contributed by atoms with Gasteiger partial charge >= 0.3 is 6.01 Å². The Kier molecular flexibility index (Phi) is 3.46. The van der Waals surface area contributed by atoms with Crippen LogP contribution in [0.15, 0.2) is 4.42 Å². The Bertz CT molecular complexity index is 309. The third-order valence-corrected chi connectivity index (χ3v) is 3.13. The van der Waals surface area contributed by atoms with Crippen LogP contribution in [0.5, 0.6) is 0 Å². The van der Waals surface area contributed by atoms with Gasteiger partial charge in [0.1, 0.15) is 0 Å². The molecule has 1 aromatic heterocycles. The molecule has 0 aliphatic heterocycles. The summed E-state index contributed by atoms with van der Waals surface area (Å²) in [5.41, 5.74) is 0. The average Bonchev–Trinajstić information content (AvgIpc) is 2.87. The van der Waals surface area contributed by atoms with Crippen LogP contribution in [-0.2, 0) is 6.42 Å². The standard InChI is InChI=1S/C10H16ClN3O/c1-14(8-4-2-3-5-8)10-13-12-9(15-10)6-7-11/h8H,2-7H2,1H3. The minimum absolute atomic E-state index is 0.523. The van der Waals surface area contributed by atoms with Crippen LogP contribution in [0.2, 0.25) is 0 Å². The highest BCUT2D eigenvalue weighted by molar-refractivity contribution is 6.17. The van der Waals surface area contributed by atoms with E-state index in [2.05, 4.69) is 15.1 Å². The van der Waals surface area contributed by atoms with Crippen molar-refractivity contribution in [3.63, 3.8) is 0 Å². The molecule has 2 rings (SSSR count). The van der Waals surface area contributed by atoms with Crippen molar-refractivity contribution >= 4 is 17.6 Å². The Labute approximate surface area is 94.6 Å². The molecule has 5 heteroatoms. The molecule has 1 heterocycles. The van der Waals surface area contributed by atoms with Crippen molar-refractivity contribution in [1.82, 2.24) is 10.2 Å². The molecule has 0 radical (unpaired) electrons. The zero-order chi connectivity index (χ0) is 10.7. The number of hydrogen-bond acceptors (Lipinski definition) is 4. The van der Waals surface area contributed by atoms with Gasteiger partial charge in [-0.3, -0.25) is 0 Å². The number of rotatable bonds is 4. The van der Waals surface area contributed by atoms with Gasteiger partial charge < -0.3 is 9.32 Å². The monoisotopic (exact) mass is 229 g/mol. The Hall–Kier alpha value is -0.770. The Balaban J connectivity index is 2.00. The second-order valence-corrected chi connectivity index (χ2v) is 4.34. The molecule has 1 fully saturated rings. The lowest BCUT2D eigenvalue weighted by atomic mass is 10.2. The smallest absolute Gasteiger partial charge is 0.318 e. The first-order valence-corrected chi connectivity index (χ1v) is 5.96. The molecule has 15 heavy (non-hydrogen) atoms. The summed E-state index contributed by atoms with van der Waals surface area (Å²) in [5.74, 6) is 1.15. The average molecular weight is 230 g/mol. The van der Waals surface area contributed by atoms with E-state index in [0.717, 1.165) is 0 Å². The third-order valence-electron chi connectivity index (χ3n) is 2.94. The molecule has 1 aliphatic carbocycles. The Morgan fingerprint density at radius 1 is 1.40 bits per heavy atom. The maximum Gasteiger partial charge on any atom is 0.318 e. The van der Waals surface area contributed by atoms with Crippen LogP contribution in [0.3, 0.4) is 0 Å². The first-order valence-electron chi connectivity index (χ1n) is 5.42. The molecule has 84 valence electrons. The molecule has 0 aromatic carbocycles. The van der Waals surface area contributed by atoms with Crippen LogP contribution in [0.1, 0.15) is 31.6 Å². The molecule has 0 spiro atoms. The van der Waals surface area contributed by atoms with Gasteiger partial charge in [-0.2, -0.15) is 0 Å². The quantitative estimate of drug-likeness (QED) is 0.743. The van der Waals surface area contributed by atoms with Crippen molar-refractivity contribution in [2.75, 3.05) is 17.8 Å². The summed E-state index contributed by atoms with van der Waals surface area (Å²) >= 11 is 5.61. The van der Waals surface area contributed by atoms with E-state index in [1.165, 1.54) is 25.7 Å². The second kappa shape index (κ2) is 4.84. The zero-order valence-electron chi connectivity index (χ0n) is 8.95. The maximum atomic E-state index is 5.61. The van der Waals surface area contributed by atoms with Crippen LogP contribution in [0.25, 0.3) is 0 Å². The number of hydrogen-bond donors (Lipinski definition) is 0. The summed E-state index contributed by atoms with van der Waals surface area (Å²) in [5, 5.41) is 7.99. The van der Waals surface area contributed by atoms with E-state index in [0.29, 0.717) is 30.2 Å². The van der Waals surface area contributed by atoms with Gasteiger partial charge in [-0.1, -0.05) is 17.9 Å². The van der Waals surface area contributed by atoms with E-state index in [-0.39, 0.29) is 0 Å². The van der Waals surface area contributed by atoms with E-state index in [1.54, 1.807) is 0 Å². The zero-order valence-corrected chi connectivity index (χ0v) is 9.70. The lowest BCUT2D eigenvalue weighted by Crippen LogP contribution is -2.28. The molecule has 1 aliphatic rings. The number of aryl methyl sites for hydroxylation is 1. The van der Waals surface area contributed by atoms with Crippen molar-refractivity contribution in [2.45, 2.75) is 38.1 Å².